The molecule has 0 atom stereocenters. The van der Waals surface area contributed by atoms with E-state index in [0.717, 1.165) is 11.1 Å². The number of nitrogens with zero attached hydrogens (tertiary/aromatic N) is 1. The SMILES string of the molecule is COc1ccc(C(=O)N/N=C/c2ccc(OC(=O)/C=C/c3ccccc3)cc2)cc1. The van der Waals surface area contributed by atoms with Gasteiger partial charge in [0.2, 0.25) is 0 Å². The zero-order valence-electron chi connectivity index (χ0n) is 16.3. The Kier molecular flexibility index (Phi) is 7.11. The van der Waals surface area contributed by atoms with Crippen molar-refractivity contribution in [2.75, 3.05) is 7.11 Å². The van der Waals surface area contributed by atoms with Crippen molar-refractivity contribution in [3.05, 3.63) is 102 Å². The van der Waals surface area contributed by atoms with Crippen LogP contribution >= 0.6 is 0 Å². The first-order chi connectivity index (χ1) is 14.6. The van der Waals surface area contributed by atoms with E-state index in [2.05, 4.69) is 10.5 Å². The Morgan fingerprint density at radius 3 is 2.17 bits per heavy atom. The largest absolute Gasteiger partial charge is 0.497 e. The molecule has 0 aliphatic rings. The molecule has 0 saturated heterocycles. The van der Waals surface area contributed by atoms with Gasteiger partial charge in [0.25, 0.3) is 5.91 Å². The third-order valence-corrected chi connectivity index (χ3v) is 4.04. The Morgan fingerprint density at radius 2 is 1.50 bits per heavy atom. The van der Waals surface area contributed by atoms with Crippen molar-refractivity contribution in [2.45, 2.75) is 0 Å². The summed E-state index contributed by atoms with van der Waals surface area (Å²) in [7, 11) is 1.56. The van der Waals surface area contributed by atoms with E-state index in [0.29, 0.717) is 17.1 Å². The number of nitrogens with one attached hydrogen (secondary N) is 1. The van der Waals surface area contributed by atoms with E-state index >= 15 is 0 Å². The number of hydrogen-bond donors (Lipinski definition) is 1. The van der Waals surface area contributed by atoms with Crippen LogP contribution in [0.3, 0.4) is 0 Å². The van der Waals surface area contributed by atoms with E-state index in [9.17, 15) is 9.59 Å². The molecule has 6 heteroatoms. The van der Waals surface area contributed by atoms with Crippen LogP contribution in [0.15, 0.2) is 90.0 Å². The number of hydrogen-bond acceptors (Lipinski definition) is 5. The molecule has 0 fully saturated rings. The fourth-order valence-electron chi connectivity index (χ4n) is 2.47. The minimum Gasteiger partial charge on any atom is -0.497 e. The molecule has 0 unspecified atom stereocenters. The number of amides is 1. The van der Waals surface area contributed by atoms with Crippen molar-refractivity contribution >= 4 is 24.2 Å². The van der Waals surface area contributed by atoms with Gasteiger partial charge in [-0.05, 0) is 65.7 Å². The fraction of sp³-hybridized carbons (Fsp3) is 0.0417. The van der Waals surface area contributed by atoms with E-state index in [4.69, 9.17) is 9.47 Å². The van der Waals surface area contributed by atoms with Crippen LogP contribution in [-0.2, 0) is 4.79 Å². The third kappa shape index (κ3) is 6.17. The summed E-state index contributed by atoms with van der Waals surface area (Å²) in [5, 5.41) is 3.94. The Balaban J connectivity index is 1.50. The standard InChI is InChI=1S/C24H20N2O4/c1-29-21-14-10-20(11-15-21)24(28)26-25-17-19-7-12-22(13-8-19)30-23(27)16-9-18-5-3-2-4-6-18/h2-17H,1H3,(H,26,28)/b16-9+,25-17+. The van der Waals surface area contributed by atoms with Crippen molar-refractivity contribution in [3.8, 4) is 11.5 Å². The molecule has 3 aromatic rings. The number of hydrazone groups is 1. The van der Waals surface area contributed by atoms with Crippen LogP contribution in [0.4, 0.5) is 0 Å². The smallest absolute Gasteiger partial charge is 0.336 e. The molecule has 0 aromatic heterocycles. The van der Waals surface area contributed by atoms with Gasteiger partial charge in [-0.25, -0.2) is 10.2 Å². The lowest BCUT2D eigenvalue weighted by atomic mass is 10.2. The lowest BCUT2D eigenvalue weighted by molar-refractivity contribution is -0.128. The molecule has 150 valence electrons. The van der Waals surface area contributed by atoms with Crippen LogP contribution in [-0.4, -0.2) is 25.2 Å². The van der Waals surface area contributed by atoms with E-state index in [1.54, 1.807) is 61.7 Å². The topological polar surface area (TPSA) is 77.0 Å². The maximum Gasteiger partial charge on any atom is 0.336 e. The first-order valence-electron chi connectivity index (χ1n) is 9.16. The number of carbonyl (C=O) groups excluding carboxylic acids is 2. The zero-order valence-corrected chi connectivity index (χ0v) is 16.3. The van der Waals surface area contributed by atoms with E-state index in [1.165, 1.54) is 12.3 Å². The average Bonchev–Trinajstić information content (AvgIpc) is 2.79. The van der Waals surface area contributed by atoms with Crippen LogP contribution in [0.2, 0.25) is 0 Å². The summed E-state index contributed by atoms with van der Waals surface area (Å²) in [6.07, 6.45) is 4.57. The summed E-state index contributed by atoms with van der Waals surface area (Å²) in [6.45, 7) is 0. The molecule has 0 aliphatic carbocycles. The normalized spacial score (nSPS) is 10.8. The summed E-state index contributed by atoms with van der Waals surface area (Å²) in [5.74, 6) is 0.292. The van der Waals surface area contributed by atoms with E-state index in [-0.39, 0.29) is 5.91 Å². The monoisotopic (exact) mass is 400 g/mol. The quantitative estimate of drug-likeness (QED) is 0.213. The molecule has 0 radical (unpaired) electrons. The van der Waals surface area contributed by atoms with Gasteiger partial charge in [0.15, 0.2) is 0 Å². The van der Waals surface area contributed by atoms with Gasteiger partial charge in [0.1, 0.15) is 11.5 Å². The summed E-state index contributed by atoms with van der Waals surface area (Å²) >= 11 is 0. The van der Waals surface area contributed by atoms with Crippen LogP contribution in [0, 0.1) is 0 Å². The molecule has 1 N–H and O–H groups in total. The highest BCUT2D eigenvalue weighted by atomic mass is 16.5. The van der Waals surface area contributed by atoms with Crippen molar-refractivity contribution in [3.63, 3.8) is 0 Å². The van der Waals surface area contributed by atoms with Crippen LogP contribution in [0.1, 0.15) is 21.5 Å². The Morgan fingerprint density at radius 1 is 0.833 bits per heavy atom. The number of esters is 1. The van der Waals surface area contributed by atoms with E-state index < -0.39 is 5.97 Å². The lowest BCUT2D eigenvalue weighted by Gasteiger charge is -2.03. The molecule has 0 spiro atoms. The van der Waals surface area contributed by atoms with Gasteiger partial charge in [-0.2, -0.15) is 5.10 Å². The maximum absolute atomic E-state index is 12.0. The third-order valence-electron chi connectivity index (χ3n) is 4.04. The Labute approximate surface area is 174 Å². The summed E-state index contributed by atoms with van der Waals surface area (Å²) in [5.41, 5.74) is 4.59. The second-order valence-electron chi connectivity index (χ2n) is 6.16. The molecule has 3 rings (SSSR count). The van der Waals surface area contributed by atoms with Crippen molar-refractivity contribution in [1.82, 2.24) is 5.43 Å². The van der Waals surface area contributed by atoms with Crippen LogP contribution in [0.5, 0.6) is 11.5 Å². The number of methoxy groups -OCH3 is 1. The van der Waals surface area contributed by atoms with Crippen molar-refractivity contribution in [1.29, 1.82) is 0 Å². The predicted molar refractivity (Wildman–Crippen MR) is 116 cm³/mol. The lowest BCUT2D eigenvalue weighted by Crippen LogP contribution is -2.17. The summed E-state index contributed by atoms with van der Waals surface area (Å²) < 4.78 is 10.3. The number of rotatable bonds is 7. The molecule has 6 nitrogen and oxygen atoms in total. The molecule has 0 heterocycles. The second-order valence-corrected chi connectivity index (χ2v) is 6.16. The highest BCUT2D eigenvalue weighted by Gasteiger charge is 2.04. The molecule has 0 saturated carbocycles. The van der Waals surface area contributed by atoms with Gasteiger partial charge in [-0.3, -0.25) is 4.79 Å². The van der Waals surface area contributed by atoms with Crippen molar-refractivity contribution in [2.24, 2.45) is 5.10 Å². The van der Waals surface area contributed by atoms with Gasteiger partial charge in [-0.15, -0.1) is 0 Å². The Hall–Kier alpha value is -4.19. The number of carbonyl (C=O) groups is 2. The van der Waals surface area contributed by atoms with Gasteiger partial charge in [-0.1, -0.05) is 30.3 Å². The van der Waals surface area contributed by atoms with Gasteiger partial charge >= 0.3 is 5.97 Å². The predicted octanol–water partition coefficient (Wildman–Crippen LogP) is 4.08. The molecule has 0 aliphatic heterocycles. The Bertz CT molecular complexity index is 1040. The minimum atomic E-state index is -0.466. The van der Waals surface area contributed by atoms with Crippen LogP contribution < -0.4 is 14.9 Å². The first-order valence-corrected chi connectivity index (χ1v) is 9.16. The maximum atomic E-state index is 12.0. The minimum absolute atomic E-state index is 0.329. The zero-order chi connectivity index (χ0) is 21.2. The van der Waals surface area contributed by atoms with Gasteiger partial charge in [0, 0.05) is 11.6 Å². The molecular weight excluding hydrogens is 380 g/mol. The van der Waals surface area contributed by atoms with Gasteiger partial charge < -0.3 is 9.47 Å². The summed E-state index contributed by atoms with van der Waals surface area (Å²) in [4.78, 5) is 23.9. The van der Waals surface area contributed by atoms with E-state index in [1.807, 2.05) is 30.3 Å². The fourth-order valence-corrected chi connectivity index (χ4v) is 2.47. The molecule has 1 amide bonds. The molecular formula is C24H20N2O4. The summed E-state index contributed by atoms with van der Waals surface area (Å²) in [6, 6.07) is 23.0. The van der Waals surface area contributed by atoms with Gasteiger partial charge in [0.05, 0.1) is 13.3 Å². The number of benzene rings is 3. The first kappa shape index (κ1) is 20.5. The highest BCUT2D eigenvalue weighted by molar-refractivity contribution is 5.95. The van der Waals surface area contributed by atoms with Crippen molar-refractivity contribution < 1.29 is 19.1 Å². The second kappa shape index (κ2) is 10.4. The average molecular weight is 400 g/mol. The molecule has 30 heavy (non-hydrogen) atoms. The highest BCUT2D eigenvalue weighted by Crippen LogP contribution is 2.13. The number of ether oxygens (including phenoxy) is 2. The van der Waals surface area contributed by atoms with Crippen LogP contribution in [0.25, 0.3) is 6.08 Å². The molecule has 3 aromatic carbocycles. The molecule has 0 bridgehead atoms.